The Morgan fingerprint density at radius 1 is 0.963 bits per heavy atom. The van der Waals surface area contributed by atoms with Gasteiger partial charge in [-0.3, -0.25) is 0 Å². The second-order valence-electron chi connectivity index (χ2n) is 5.46. The summed E-state index contributed by atoms with van der Waals surface area (Å²) in [5.74, 6) is -0.463. The van der Waals surface area contributed by atoms with Crippen LogP contribution in [0.15, 0.2) is 42.9 Å². The van der Waals surface area contributed by atoms with E-state index in [1.165, 1.54) is 25.3 Å². The maximum Gasteiger partial charge on any atom is 0.419 e. The second-order valence-corrected chi connectivity index (χ2v) is 5.46. The third-order valence-corrected chi connectivity index (χ3v) is 3.40. The molecule has 0 aliphatic rings. The van der Waals surface area contributed by atoms with Gasteiger partial charge in [0, 0.05) is 18.0 Å². The summed E-state index contributed by atoms with van der Waals surface area (Å²) in [4.78, 5) is 7.81. The molecule has 2 aromatic heterocycles. The smallest absolute Gasteiger partial charge is 0.419 e. The van der Waals surface area contributed by atoms with Crippen molar-refractivity contribution in [1.29, 1.82) is 0 Å². The van der Waals surface area contributed by atoms with Gasteiger partial charge >= 0.3 is 12.4 Å². The third-order valence-electron chi connectivity index (χ3n) is 3.40. The number of aryl methyl sites for hydroxylation is 1. The van der Waals surface area contributed by atoms with Crippen molar-refractivity contribution < 1.29 is 31.1 Å². The number of hydrogen-bond donors (Lipinski definition) is 0. The van der Waals surface area contributed by atoms with Crippen LogP contribution in [0.3, 0.4) is 0 Å². The van der Waals surface area contributed by atoms with Crippen LogP contribution in [0, 0.1) is 6.92 Å². The highest BCUT2D eigenvalue weighted by atomic mass is 19.4. The average Bonchev–Trinajstić information content (AvgIpc) is 3.07. The molecule has 0 amide bonds. The van der Waals surface area contributed by atoms with Crippen LogP contribution in [-0.4, -0.2) is 19.7 Å². The zero-order valence-corrected chi connectivity index (χ0v) is 13.5. The molecule has 0 fully saturated rings. The lowest BCUT2D eigenvalue weighted by atomic mass is 10.2. The van der Waals surface area contributed by atoms with Crippen LogP contribution < -0.4 is 4.74 Å². The fourth-order valence-corrected chi connectivity index (χ4v) is 2.06. The highest BCUT2D eigenvalue weighted by molar-refractivity contribution is 5.36. The van der Waals surface area contributed by atoms with E-state index in [9.17, 15) is 26.3 Å². The quantitative estimate of drug-likeness (QED) is 0.605. The number of ether oxygens (including phenoxy) is 1. The van der Waals surface area contributed by atoms with Crippen molar-refractivity contribution in [1.82, 2.24) is 19.7 Å². The number of benzene rings is 1. The van der Waals surface area contributed by atoms with Gasteiger partial charge in [0.25, 0.3) is 5.95 Å². The molecule has 0 spiro atoms. The molecular weight excluding hydrogens is 378 g/mol. The lowest BCUT2D eigenvalue weighted by Gasteiger charge is -2.11. The van der Waals surface area contributed by atoms with Gasteiger partial charge in [-0.05, 0) is 25.1 Å². The number of hydrogen-bond acceptors (Lipinski definition) is 4. The first kappa shape index (κ1) is 18.7. The predicted molar refractivity (Wildman–Crippen MR) is 80.4 cm³/mol. The molecule has 3 aromatic rings. The lowest BCUT2D eigenvalue weighted by Crippen LogP contribution is -2.06. The molecule has 1 aromatic carbocycles. The fourth-order valence-electron chi connectivity index (χ4n) is 2.06. The maximum atomic E-state index is 12.8. The van der Waals surface area contributed by atoms with Gasteiger partial charge in [-0.15, -0.1) is 0 Å². The molecule has 0 bridgehead atoms. The molecule has 0 saturated heterocycles. The summed E-state index contributed by atoms with van der Waals surface area (Å²) in [5.41, 5.74) is -1.53. The van der Waals surface area contributed by atoms with Crippen LogP contribution in [0.5, 0.6) is 11.6 Å². The molecule has 0 saturated carbocycles. The standard InChI is InChI=1S/C16H10F6N4O/c1-9-6-23-14(26-8-11(7-24-26)16(20,21)22)25-13(9)27-12-4-2-3-10(5-12)15(17,18)19/h2-8H,1H3. The van der Waals surface area contributed by atoms with Crippen molar-refractivity contribution in [3.63, 3.8) is 0 Å². The predicted octanol–water partition coefficient (Wildman–Crippen LogP) is 4.80. The second kappa shape index (κ2) is 6.56. The van der Waals surface area contributed by atoms with E-state index in [1.807, 2.05) is 0 Å². The highest BCUT2D eigenvalue weighted by Gasteiger charge is 2.33. The lowest BCUT2D eigenvalue weighted by molar-refractivity contribution is -0.138. The first-order valence-corrected chi connectivity index (χ1v) is 7.35. The van der Waals surface area contributed by atoms with E-state index in [0.717, 1.165) is 16.8 Å². The Bertz CT molecular complexity index is 964. The molecule has 5 nitrogen and oxygen atoms in total. The minimum atomic E-state index is -4.58. The van der Waals surface area contributed by atoms with Crippen molar-refractivity contribution >= 4 is 0 Å². The van der Waals surface area contributed by atoms with Crippen molar-refractivity contribution in [2.75, 3.05) is 0 Å². The van der Waals surface area contributed by atoms with Gasteiger partial charge in [0.2, 0.25) is 5.88 Å². The zero-order chi connectivity index (χ0) is 19.8. The molecule has 3 rings (SSSR count). The molecule has 0 atom stereocenters. The Hall–Kier alpha value is -3.11. The van der Waals surface area contributed by atoms with Crippen LogP contribution in [0.1, 0.15) is 16.7 Å². The molecule has 11 heteroatoms. The van der Waals surface area contributed by atoms with E-state index in [1.54, 1.807) is 0 Å². The summed E-state index contributed by atoms with van der Waals surface area (Å²) < 4.78 is 82.5. The van der Waals surface area contributed by atoms with E-state index in [2.05, 4.69) is 15.1 Å². The largest absolute Gasteiger partial charge is 0.439 e. The molecule has 0 unspecified atom stereocenters. The van der Waals surface area contributed by atoms with Gasteiger partial charge in [0.05, 0.1) is 17.3 Å². The number of halogens is 6. The van der Waals surface area contributed by atoms with Gasteiger partial charge in [0.1, 0.15) is 5.75 Å². The summed E-state index contributed by atoms with van der Waals surface area (Å²) in [7, 11) is 0. The maximum absolute atomic E-state index is 12.8. The van der Waals surface area contributed by atoms with E-state index in [-0.39, 0.29) is 17.6 Å². The van der Waals surface area contributed by atoms with Crippen LogP contribution in [-0.2, 0) is 12.4 Å². The zero-order valence-electron chi connectivity index (χ0n) is 13.5. The molecule has 27 heavy (non-hydrogen) atoms. The average molecular weight is 388 g/mol. The summed E-state index contributed by atoms with van der Waals surface area (Å²) in [5, 5.41) is 3.54. The number of rotatable bonds is 3. The van der Waals surface area contributed by atoms with Crippen molar-refractivity contribution in [3.8, 4) is 17.6 Å². The summed E-state index contributed by atoms with van der Waals surface area (Å²) in [6.07, 6.45) is -6.57. The molecular formula is C16H10F6N4O. The monoisotopic (exact) mass is 388 g/mol. The molecule has 0 aliphatic carbocycles. The number of nitrogens with zero attached hydrogens (tertiary/aromatic N) is 4. The van der Waals surface area contributed by atoms with Gasteiger partial charge in [-0.2, -0.15) is 36.4 Å². The summed E-state index contributed by atoms with van der Waals surface area (Å²) >= 11 is 0. The topological polar surface area (TPSA) is 52.8 Å². The Kier molecular flexibility index (Phi) is 4.54. The highest BCUT2D eigenvalue weighted by Crippen LogP contribution is 2.33. The Labute approximate surface area is 148 Å². The molecule has 0 aliphatic heterocycles. The van der Waals surface area contributed by atoms with Crippen LogP contribution in [0.2, 0.25) is 0 Å². The minimum absolute atomic E-state index is 0.108. The van der Waals surface area contributed by atoms with Gasteiger partial charge in [-0.1, -0.05) is 6.07 Å². The molecule has 0 radical (unpaired) electrons. The van der Waals surface area contributed by atoms with Crippen molar-refractivity contribution in [2.24, 2.45) is 0 Å². The van der Waals surface area contributed by atoms with Crippen LogP contribution in [0.4, 0.5) is 26.3 Å². The SMILES string of the molecule is Cc1cnc(-n2cc(C(F)(F)F)cn2)nc1Oc1cccc(C(F)(F)F)c1. The van der Waals surface area contributed by atoms with Crippen LogP contribution in [0.25, 0.3) is 5.95 Å². The molecule has 0 N–H and O–H groups in total. The summed E-state index contributed by atoms with van der Waals surface area (Å²) in [6, 6.07) is 4.13. The minimum Gasteiger partial charge on any atom is -0.439 e. The van der Waals surface area contributed by atoms with Crippen LogP contribution >= 0.6 is 0 Å². The fraction of sp³-hybridized carbons (Fsp3) is 0.188. The number of alkyl halides is 6. The molecule has 2 heterocycles. The summed E-state index contributed by atoms with van der Waals surface area (Å²) in [6.45, 7) is 1.54. The number of aromatic nitrogens is 4. The van der Waals surface area contributed by atoms with Crippen molar-refractivity contribution in [2.45, 2.75) is 19.3 Å². The van der Waals surface area contributed by atoms with Crippen molar-refractivity contribution in [3.05, 3.63) is 59.5 Å². The first-order chi connectivity index (χ1) is 12.5. The third kappa shape index (κ3) is 4.18. The Morgan fingerprint density at radius 3 is 2.30 bits per heavy atom. The van der Waals surface area contributed by atoms with Gasteiger partial charge in [-0.25, -0.2) is 9.67 Å². The Balaban J connectivity index is 1.92. The van der Waals surface area contributed by atoms with Gasteiger partial charge < -0.3 is 4.74 Å². The van der Waals surface area contributed by atoms with E-state index in [4.69, 9.17) is 4.74 Å². The van der Waals surface area contributed by atoms with E-state index >= 15 is 0 Å². The first-order valence-electron chi connectivity index (χ1n) is 7.35. The van der Waals surface area contributed by atoms with Gasteiger partial charge in [0.15, 0.2) is 0 Å². The Morgan fingerprint density at radius 2 is 1.67 bits per heavy atom. The molecule has 142 valence electrons. The normalized spacial score (nSPS) is 12.3. The van der Waals surface area contributed by atoms with E-state index < -0.39 is 23.5 Å². The van der Waals surface area contributed by atoms with E-state index in [0.29, 0.717) is 18.0 Å².